The van der Waals surface area contributed by atoms with Gasteiger partial charge in [0.2, 0.25) is 0 Å². The molecule has 0 atom stereocenters. The van der Waals surface area contributed by atoms with Gasteiger partial charge < -0.3 is 9.84 Å². The molecule has 0 fully saturated rings. The highest BCUT2D eigenvalue weighted by atomic mass is 32.2. The summed E-state index contributed by atoms with van der Waals surface area (Å²) < 4.78 is 176. The number of sulfonamides is 2. The molecule has 0 unspecified atom stereocenters. The standard InChI is InChI=1S/C28H18F9N3O8S2/c29-26(30,31)15-40(50(46,47)19-11-7-17(8-12-19)48-28(35,36)37)22-13-38-25(21-4-2-1-3-20(21)22)39(14-23(41)42)49(44,45)18-9-5-16(6-10-18)24(43)27(32,33)34/h1-13H,14-15H2,(H,41,42). The summed E-state index contributed by atoms with van der Waals surface area (Å²) in [5.41, 5.74) is -1.78. The lowest BCUT2D eigenvalue weighted by atomic mass is 10.1. The van der Waals surface area contributed by atoms with Gasteiger partial charge in [-0.3, -0.25) is 13.9 Å². The summed E-state index contributed by atoms with van der Waals surface area (Å²) in [4.78, 5) is 25.4. The maximum atomic E-state index is 13.8. The van der Waals surface area contributed by atoms with Gasteiger partial charge in [0, 0.05) is 16.3 Å². The van der Waals surface area contributed by atoms with E-state index in [1.54, 1.807) is 0 Å². The zero-order valence-electron chi connectivity index (χ0n) is 24.3. The number of halogens is 9. The zero-order valence-corrected chi connectivity index (χ0v) is 25.9. The van der Waals surface area contributed by atoms with Gasteiger partial charge >= 0.3 is 24.7 Å². The number of aliphatic carboxylic acids is 1. The number of rotatable bonds is 11. The summed E-state index contributed by atoms with van der Waals surface area (Å²) in [6, 6.07) is 8.82. The smallest absolute Gasteiger partial charge is 0.480 e. The average Bonchev–Trinajstić information content (AvgIpc) is 3.00. The quantitative estimate of drug-likeness (QED) is 0.145. The molecule has 1 N–H and O–H groups in total. The highest BCUT2D eigenvalue weighted by Crippen LogP contribution is 2.38. The fraction of sp³-hybridized carbons (Fsp3) is 0.179. The number of carbonyl (C=O) groups is 2. The van der Waals surface area contributed by atoms with Crippen LogP contribution in [0.15, 0.2) is 88.8 Å². The minimum absolute atomic E-state index is 0.143. The fourth-order valence-corrected chi connectivity index (χ4v) is 7.27. The number of ether oxygens (including phenoxy) is 1. The monoisotopic (exact) mass is 759 g/mol. The van der Waals surface area contributed by atoms with Crippen LogP contribution in [0.3, 0.4) is 0 Å². The molecule has 0 radical (unpaired) electrons. The number of pyridine rings is 1. The van der Waals surface area contributed by atoms with E-state index in [1.807, 2.05) is 0 Å². The lowest BCUT2D eigenvalue weighted by Crippen LogP contribution is -2.40. The van der Waals surface area contributed by atoms with Crippen molar-refractivity contribution in [3.63, 3.8) is 0 Å². The largest absolute Gasteiger partial charge is 0.573 e. The van der Waals surface area contributed by atoms with Gasteiger partial charge in [-0.2, -0.15) is 26.3 Å². The number of carboxylic acids is 1. The summed E-state index contributed by atoms with van der Waals surface area (Å²) in [5, 5.41) is 8.68. The van der Waals surface area contributed by atoms with E-state index in [0.29, 0.717) is 54.7 Å². The van der Waals surface area contributed by atoms with Crippen molar-refractivity contribution in [2.75, 3.05) is 21.7 Å². The Balaban J connectivity index is 1.88. The Morgan fingerprint density at radius 2 is 1.22 bits per heavy atom. The topological polar surface area (TPSA) is 151 Å². The molecule has 0 saturated heterocycles. The van der Waals surface area contributed by atoms with E-state index in [9.17, 15) is 71.0 Å². The molecule has 268 valence electrons. The van der Waals surface area contributed by atoms with Gasteiger partial charge in [-0.15, -0.1) is 13.2 Å². The van der Waals surface area contributed by atoms with Crippen molar-refractivity contribution >= 4 is 54.1 Å². The van der Waals surface area contributed by atoms with Crippen LogP contribution in [0.1, 0.15) is 10.4 Å². The van der Waals surface area contributed by atoms with Crippen LogP contribution in [0, 0.1) is 0 Å². The SMILES string of the molecule is O=C(O)CN(c1ncc(N(CC(F)(F)F)S(=O)(=O)c2ccc(OC(F)(F)F)cc2)c2ccccc12)S(=O)(=O)c1ccc(C(=O)C(F)(F)F)cc1. The number of carbonyl (C=O) groups excluding carboxylic acids is 1. The Bertz CT molecular complexity index is 2140. The van der Waals surface area contributed by atoms with Gasteiger partial charge in [0.1, 0.15) is 18.8 Å². The summed E-state index contributed by atoms with van der Waals surface area (Å²) >= 11 is 0. The lowest BCUT2D eigenvalue weighted by Gasteiger charge is -2.28. The van der Waals surface area contributed by atoms with Gasteiger partial charge in [-0.1, -0.05) is 24.3 Å². The molecule has 50 heavy (non-hydrogen) atoms. The highest BCUT2D eigenvalue weighted by molar-refractivity contribution is 7.93. The second-order valence-corrected chi connectivity index (χ2v) is 13.6. The Morgan fingerprint density at radius 1 is 0.720 bits per heavy atom. The van der Waals surface area contributed by atoms with Crippen molar-refractivity contribution in [1.29, 1.82) is 0 Å². The van der Waals surface area contributed by atoms with Crippen molar-refractivity contribution in [2.45, 2.75) is 28.5 Å². The maximum Gasteiger partial charge on any atom is 0.573 e. The van der Waals surface area contributed by atoms with Gasteiger partial charge in [0.15, 0.2) is 5.82 Å². The van der Waals surface area contributed by atoms with Crippen LogP contribution in [0.5, 0.6) is 5.75 Å². The van der Waals surface area contributed by atoms with Crippen LogP contribution in [0.2, 0.25) is 0 Å². The van der Waals surface area contributed by atoms with E-state index in [0.717, 1.165) is 12.1 Å². The zero-order chi connectivity index (χ0) is 37.4. The molecule has 0 spiro atoms. The molecule has 3 aromatic carbocycles. The predicted molar refractivity (Wildman–Crippen MR) is 154 cm³/mol. The number of benzene rings is 3. The van der Waals surface area contributed by atoms with Crippen molar-refractivity contribution < 1.29 is 75.8 Å². The van der Waals surface area contributed by atoms with E-state index < -0.39 is 107 Å². The second-order valence-electron chi connectivity index (χ2n) is 9.92. The Labute approximate surface area is 275 Å². The molecule has 4 aromatic rings. The summed E-state index contributed by atoms with van der Waals surface area (Å²) in [6.07, 6.45) is -15.2. The number of fused-ring (bicyclic) bond motifs is 1. The first kappa shape index (κ1) is 37.7. The molecular weight excluding hydrogens is 741 g/mol. The third-order valence-electron chi connectivity index (χ3n) is 6.47. The van der Waals surface area contributed by atoms with E-state index in [-0.39, 0.29) is 8.61 Å². The molecule has 0 aliphatic carbocycles. The molecule has 1 heterocycles. The Hall–Kier alpha value is -5.12. The van der Waals surface area contributed by atoms with Crippen LogP contribution in [0.4, 0.5) is 51.0 Å². The van der Waals surface area contributed by atoms with Gasteiger partial charge in [0.05, 0.1) is 21.7 Å². The number of carboxylic acid groups (broad SMARTS) is 1. The van der Waals surface area contributed by atoms with Crippen LogP contribution in [-0.4, -0.2) is 70.5 Å². The highest BCUT2D eigenvalue weighted by Gasteiger charge is 2.41. The molecule has 1 aromatic heterocycles. The first-order valence-electron chi connectivity index (χ1n) is 13.2. The van der Waals surface area contributed by atoms with Crippen molar-refractivity contribution in [3.8, 4) is 5.75 Å². The number of aromatic nitrogens is 1. The number of ketones is 1. The summed E-state index contributed by atoms with van der Waals surface area (Å²) in [5.74, 6) is -5.76. The Morgan fingerprint density at radius 3 is 1.70 bits per heavy atom. The van der Waals surface area contributed by atoms with Crippen molar-refractivity contribution in [3.05, 3.63) is 84.6 Å². The minimum atomic E-state index is -5.31. The van der Waals surface area contributed by atoms with Crippen LogP contribution in [-0.2, 0) is 24.8 Å². The third-order valence-corrected chi connectivity index (χ3v) is 9.99. The number of alkyl halides is 9. The number of anilines is 2. The van der Waals surface area contributed by atoms with E-state index in [1.165, 1.54) is 12.1 Å². The van der Waals surface area contributed by atoms with E-state index in [2.05, 4.69) is 9.72 Å². The minimum Gasteiger partial charge on any atom is -0.480 e. The molecule has 22 heteroatoms. The second kappa shape index (κ2) is 13.3. The molecular formula is C28H18F9N3O8S2. The Kier molecular flexibility index (Phi) is 10.0. The van der Waals surface area contributed by atoms with E-state index >= 15 is 0 Å². The molecule has 11 nitrogen and oxygen atoms in total. The molecule has 0 bridgehead atoms. The van der Waals surface area contributed by atoms with Crippen LogP contribution < -0.4 is 13.3 Å². The number of Topliss-reactive ketones (excluding diaryl/α,β-unsaturated/α-hetero) is 1. The average molecular weight is 760 g/mol. The number of hydrogen-bond donors (Lipinski definition) is 1. The third kappa shape index (κ3) is 8.35. The predicted octanol–water partition coefficient (Wildman–Crippen LogP) is 5.92. The molecule has 0 aliphatic heterocycles. The van der Waals surface area contributed by atoms with Crippen molar-refractivity contribution in [2.24, 2.45) is 0 Å². The molecule has 4 rings (SSSR count). The van der Waals surface area contributed by atoms with Gasteiger partial charge in [0.25, 0.3) is 25.8 Å². The van der Waals surface area contributed by atoms with Gasteiger partial charge in [-0.05, 0) is 48.5 Å². The fourth-order valence-electron chi connectivity index (χ4n) is 4.43. The first-order chi connectivity index (χ1) is 22.9. The number of nitrogens with zero attached hydrogens (tertiary/aromatic N) is 3. The molecule has 0 amide bonds. The van der Waals surface area contributed by atoms with Crippen molar-refractivity contribution in [1.82, 2.24) is 4.98 Å². The lowest BCUT2D eigenvalue weighted by molar-refractivity contribution is -0.274. The molecule has 0 aliphatic rings. The van der Waals surface area contributed by atoms with E-state index in [4.69, 9.17) is 0 Å². The number of hydrogen-bond acceptors (Lipinski definition) is 8. The van der Waals surface area contributed by atoms with Crippen LogP contribution >= 0.6 is 0 Å². The normalized spacial score (nSPS) is 12.8. The molecule has 0 saturated carbocycles. The first-order valence-corrected chi connectivity index (χ1v) is 16.1. The summed E-state index contributed by atoms with van der Waals surface area (Å²) in [7, 11) is -10.4. The van der Waals surface area contributed by atoms with Gasteiger partial charge in [-0.25, -0.2) is 26.1 Å². The summed E-state index contributed by atoms with van der Waals surface area (Å²) in [6.45, 7) is -3.62. The van der Waals surface area contributed by atoms with Crippen LogP contribution in [0.25, 0.3) is 10.8 Å². The maximum absolute atomic E-state index is 13.8.